The number of aromatic nitrogens is 1. The summed E-state index contributed by atoms with van der Waals surface area (Å²) in [4.78, 5) is 16.4. The molecule has 0 saturated heterocycles. The molecule has 0 unspecified atom stereocenters. The van der Waals surface area contributed by atoms with E-state index in [2.05, 4.69) is 10.3 Å². The lowest BCUT2D eigenvalue weighted by molar-refractivity contribution is 0.0954. The Morgan fingerprint density at radius 1 is 1.62 bits per heavy atom. The Morgan fingerprint density at radius 3 is 3.00 bits per heavy atom. The highest BCUT2D eigenvalue weighted by Crippen LogP contribution is 2.19. The van der Waals surface area contributed by atoms with Crippen molar-refractivity contribution in [3.63, 3.8) is 0 Å². The molecule has 0 atom stereocenters. The van der Waals surface area contributed by atoms with E-state index in [0.29, 0.717) is 22.2 Å². The maximum Gasteiger partial charge on any atom is 0.263 e. The van der Waals surface area contributed by atoms with Gasteiger partial charge in [-0.15, -0.1) is 0 Å². The molecule has 0 spiro atoms. The van der Waals surface area contributed by atoms with E-state index in [-0.39, 0.29) is 5.91 Å². The zero-order valence-corrected chi connectivity index (χ0v) is 10.3. The van der Waals surface area contributed by atoms with Crippen LogP contribution in [0.1, 0.15) is 20.9 Å². The molecule has 84 valence electrons. The number of aryl methyl sites for hydroxylation is 1. The van der Waals surface area contributed by atoms with Crippen molar-refractivity contribution in [2.24, 2.45) is 0 Å². The molecule has 1 amide bonds. The number of nitrogens with one attached hydrogen (secondary N) is 1. The second-order valence-electron chi connectivity index (χ2n) is 3.28. The fraction of sp³-hybridized carbons (Fsp3) is 0.200. The molecule has 0 saturated carbocycles. The standard InChI is InChI=1S/C10H11N3OS2/c1-6-8(16-10(11)13-6)9(14)12-4-7-2-3-15-5-7/h2-3,5H,4H2,1H3,(H2,11,13)(H,12,14). The Hall–Kier alpha value is -1.40. The number of rotatable bonds is 3. The van der Waals surface area contributed by atoms with Gasteiger partial charge in [0.1, 0.15) is 4.88 Å². The Bertz CT molecular complexity index is 490. The number of thiazole rings is 1. The largest absolute Gasteiger partial charge is 0.375 e. The summed E-state index contributed by atoms with van der Waals surface area (Å²) in [6, 6.07) is 1.98. The minimum absolute atomic E-state index is 0.113. The van der Waals surface area contributed by atoms with Crippen LogP contribution >= 0.6 is 22.7 Å². The number of nitrogen functional groups attached to an aromatic ring is 1. The van der Waals surface area contributed by atoms with Crippen LogP contribution in [0.15, 0.2) is 16.8 Å². The Labute approximate surface area is 101 Å². The SMILES string of the molecule is Cc1nc(N)sc1C(=O)NCc1ccsc1. The van der Waals surface area contributed by atoms with E-state index in [0.717, 1.165) is 5.56 Å². The predicted molar refractivity (Wildman–Crippen MR) is 66.8 cm³/mol. The average Bonchev–Trinajstić information content (AvgIpc) is 2.84. The number of carbonyl (C=O) groups excluding carboxylic acids is 1. The fourth-order valence-corrected chi connectivity index (χ4v) is 2.70. The number of amides is 1. The molecule has 4 nitrogen and oxygen atoms in total. The highest BCUT2D eigenvalue weighted by atomic mass is 32.1. The number of hydrogen-bond acceptors (Lipinski definition) is 5. The fourth-order valence-electron chi connectivity index (χ4n) is 1.28. The van der Waals surface area contributed by atoms with Gasteiger partial charge >= 0.3 is 0 Å². The van der Waals surface area contributed by atoms with Gasteiger partial charge in [0.15, 0.2) is 5.13 Å². The summed E-state index contributed by atoms with van der Waals surface area (Å²) in [5.74, 6) is -0.113. The first-order valence-electron chi connectivity index (χ1n) is 4.69. The number of hydrogen-bond donors (Lipinski definition) is 2. The van der Waals surface area contributed by atoms with Gasteiger partial charge in [0.25, 0.3) is 5.91 Å². The minimum Gasteiger partial charge on any atom is -0.375 e. The second kappa shape index (κ2) is 4.63. The molecule has 3 N–H and O–H groups in total. The maximum atomic E-state index is 11.8. The summed E-state index contributed by atoms with van der Waals surface area (Å²) in [5.41, 5.74) is 7.33. The van der Waals surface area contributed by atoms with Crippen LogP contribution in [0, 0.1) is 6.92 Å². The molecule has 0 aliphatic carbocycles. The summed E-state index contributed by atoms with van der Waals surface area (Å²) >= 11 is 2.83. The van der Waals surface area contributed by atoms with E-state index >= 15 is 0 Å². The quantitative estimate of drug-likeness (QED) is 0.879. The molecule has 2 aromatic heterocycles. The van der Waals surface area contributed by atoms with Crippen molar-refractivity contribution in [3.05, 3.63) is 33.0 Å². The molecule has 0 radical (unpaired) electrons. The van der Waals surface area contributed by atoms with Gasteiger partial charge in [0.05, 0.1) is 5.69 Å². The minimum atomic E-state index is -0.113. The van der Waals surface area contributed by atoms with Crippen LogP contribution in [0.25, 0.3) is 0 Å². The van der Waals surface area contributed by atoms with E-state index in [1.807, 2.05) is 16.8 Å². The van der Waals surface area contributed by atoms with E-state index in [1.54, 1.807) is 18.3 Å². The molecule has 2 aromatic rings. The van der Waals surface area contributed by atoms with Gasteiger partial charge in [0, 0.05) is 6.54 Å². The predicted octanol–water partition coefficient (Wildman–Crippen LogP) is 2.03. The normalized spacial score (nSPS) is 10.3. The summed E-state index contributed by atoms with van der Waals surface area (Å²) in [6.45, 7) is 2.33. The molecular weight excluding hydrogens is 242 g/mol. The lowest BCUT2D eigenvalue weighted by Gasteiger charge is -2.01. The lowest BCUT2D eigenvalue weighted by atomic mass is 10.3. The molecule has 0 aliphatic heterocycles. The van der Waals surface area contributed by atoms with Crippen molar-refractivity contribution in [2.75, 3.05) is 5.73 Å². The van der Waals surface area contributed by atoms with Gasteiger partial charge in [-0.25, -0.2) is 4.98 Å². The molecule has 2 rings (SSSR count). The Balaban J connectivity index is 2.01. The number of thiophene rings is 1. The van der Waals surface area contributed by atoms with Crippen LogP contribution in [0.4, 0.5) is 5.13 Å². The van der Waals surface area contributed by atoms with E-state index in [1.165, 1.54) is 11.3 Å². The van der Waals surface area contributed by atoms with Crippen LogP contribution in [0.5, 0.6) is 0 Å². The molecule has 6 heteroatoms. The smallest absolute Gasteiger partial charge is 0.263 e. The third-order valence-corrected chi connectivity index (χ3v) is 3.77. The summed E-state index contributed by atoms with van der Waals surface area (Å²) < 4.78 is 0. The molecule has 0 fully saturated rings. The van der Waals surface area contributed by atoms with Crippen LogP contribution in [0.2, 0.25) is 0 Å². The first-order valence-corrected chi connectivity index (χ1v) is 6.45. The highest BCUT2D eigenvalue weighted by molar-refractivity contribution is 7.17. The summed E-state index contributed by atoms with van der Waals surface area (Å²) in [5, 5.41) is 7.26. The second-order valence-corrected chi connectivity index (χ2v) is 5.09. The summed E-state index contributed by atoms with van der Waals surface area (Å²) in [7, 11) is 0. The van der Waals surface area contributed by atoms with Crippen LogP contribution in [-0.2, 0) is 6.54 Å². The lowest BCUT2D eigenvalue weighted by Crippen LogP contribution is -2.22. The molecule has 0 aliphatic rings. The van der Waals surface area contributed by atoms with Crippen molar-refractivity contribution >= 4 is 33.7 Å². The highest BCUT2D eigenvalue weighted by Gasteiger charge is 2.13. The van der Waals surface area contributed by atoms with Gasteiger partial charge in [-0.3, -0.25) is 4.79 Å². The van der Waals surface area contributed by atoms with Gasteiger partial charge in [-0.2, -0.15) is 11.3 Å². The number of nitrogens with two attached hydrogens (primary N) is 1. The van der Waals surface area contributed by atoms with E-state index in [9.17, 15) is 4.79 Å². The van der Waals surface area contributed by atoms with Crippen molar-refractivity contribution < 1.29 is 4.79 Å². The molecule has 0 aromatic carbocycles. The third-order valence-electron chi connectivity index (χ3n) is 2.05. The van der Waals surface area contributed by atoms with Crippen molar-refractivity contribution in [3.8, 4) is 0 Å². The van der Waals surface area contributed by atoms with Crippen molar-refractivity contribution in [1.29, 1.82) is 0 Å². The van der Waals surface area contributed by atoms with Gasteiger partial charge in [-0.1, -0.05) is 11.3 Å². The zero-order valence-electron chi connectivity index (χ0n) is 8.69. The van der Waals surface area contributed by atoms with Crippen LogP contribution in [0.3, 0.4) is 0 Å². The molecule has 2 heterocycles. The number of carbonyl (C=O) groups is 1. The van der Waals surface area contributed by atoms with Crippen LogP contribution < -0.4 is 11.1 Å². The first kappa shape index (κ1) is 11.1. The average molecular weight is 253 g/mol. The van der Waals surface area contributed by atoms with E-state index in [4.69, 9.17) is 5.73 Å². The molecule has 16 heavy (non-hydrogen) atoms. The third kappa shape index (κ3) is 2.40. The van der Waals surface area contributed by atoms with Crippen molar-refractivity contribution in [2.45, 2.75) is 13.5 Å². The van der Waals surface area contributed by atoms with Gasteiger partial charge < -0.3 is 11.1 Å². The Morgan fingerprint density at radius 2 is 2.44 bits per heavy atom. The monoisotopic (exact) mass is 253 g/mol. The number of nitrogens with zero attached hydrogens (tertiary/aromatic N) is 1. The maximum absolute atomic E-state index is 11.8. The van der Waals surface area contributed by atoms with Gasteiger partial charge in [0.2, 0.25) is 0 Å². The van der Waals surface area contributed by atoms with Crippen LogP contribution in [-0.4, -0.2) is 10.9 Å². The van der Waals surface area contributed by atoms with E-state index < -0.39 is 0 Å². The van der Waals surface area contributed by atoms with Gasteiger partial charge in [-0.05, 0) is 29.3 Å². The number of anilines is 1. The first-order chi connectivity index (χ1) is 7.66. The Kier molecular flexibility index (Phi) is 3.21. The summed E-state index contributed by atoms with van der Waals surface area (Å²) in [6.07, 6.45) is 0. The topological polar surface area (TPSA) is 68.0 Å². The zero-order chi connectivity index (χ0) is 11.5. The molecule has 0 bridgehead atoms. The molecular formula is C10H11N3OS2. The van der Waals surface area contributed by atoms with Crippen molar-refractivity contribution in [1.82, 2.24) is 10.3 Å².